The molecule has 0 aromatic heterocycles. The molecule has 0 spiro atoms. The maximum Gasteiger partial charge on any atom is 0.335 e. The Morgan fingerprint density at radius 1 is 1.14 bits per heavy atom. The standard InChI is InChI=1S/C21H17BrN2O4S/c1-2-11-24-19(26)18(12-17(25)13-3-7-15(22)8-4-13)29-21(24)23-16-9-5-14(6-10-16)20(27)28/h2-10,18H,1,11-12H2,(H,27,28). The van der Waals surface area contributed by atoms with E-state index in [-0.39, 0.29) is 30.2 Å². The summed E-state index contributed by atoms with van der Waals surface area (Å²) in [5, 5.41) is 8.89. The van der Waals surface area contributed by atoms with Crippen LogP contribution in [0.25, 0.3) is 0 Å². The highest BCUT2D eigenvalue weighted by molar-refractivity contribution is 9.10. The molecule has 0 bridgehead atoms. The number of amidine groups is 1. The number of benzene rings is 2. The number of hydrogen-bond acceptors (Lipinski definition) is 5. The lowest BCUT2D eigenvalue weighted by atomic mass is 10.1. The predicted molar refractivity (Wildman–Crippen MR) is 117 cm³/mol. The normalized spacial score (nSPS) is 17.6. The summed E-state index contributed by atoms with van der Waals surface area (Å²) < 4.78 is 0.876. The first-order chi connectivity index (χ1) is 13.9. The van der Waals surface area contributed by atoms with Crippen molar-refractivity contribution in [2.75, 3.05) is 6.54 Å². The summed E-state index contributed by atoms with van der Waals surface area (Å²) in [5.41, 5.74) is 1.23. The minimum atomic E-state index is -1.02. The fourth-order valence-corrected chi connectivity index (χ4v) is 4.16. The van der Waals surface area contributed by atoms with E-state index in [0.717, 1.165) is 4.47 Å². The van der Waals surface area contributed by atoms with Gasteiger partial charge in [0.1, 0.15) is 0 Å². The highest BCUT2D eigenvalue weighted by Crippen LogP contribution is 2.32. The molecule has 1 N–H and O–H groups in total. The lowest BCUT2D eigenvalue weighted by molar-refractivity contribution is -0.125. The number of carbonyl (C=O) groups is 3. The third kappa shape index (κ3) is 5.02. The molecule has 0 aliphatic carbocycles. The van der Waals surface area contributed by atoms with E-state index in [9.17, 15) is 14.4 Å². The Kier molecular flexibility index (Phi) is 6.66. The van der Waals surface area contributed by atoms with E-state index in [1.165, 1.54) is 28.8 Å². The van der Waals surface area contributed by atoms with E-state index in [1.807, 2.05) is 0 Å². The lowest BCUT2D eigenvalue weighted by Gasteiger charge is -2.13. The average molecular weight is 473 g/mol. The van der Waals surface area contributed by atoms with Gasteiger partial charge in [0.25, 0.3) is 0 Å². The van der Waals surface area contributed by atoms with Gasteiger partial charge in [0.2, 0.25) is 5.91 Å². The van der Waals surface area contributed by atoms with E-state index in [4.69, 9.17) is 5.11 Å². The SMILES string of the molecule is C=CCN1C(=O)C(CC(=O)c2ccc(Br)cc2)SC1=Nc1ccc(C(=O)O)cc1. The van der Waals surface area contributed by atoms with Gasteiger partial charge in [-0.25, -0.2) is 9.79 Å². The van der Waals surface area contributed by atoms with E-state index in [2.05, 4.69) is 27.5 Å². The molecule has 1 aliphatic rings. The van der Waals surface area contributed by atoms with Crippen molar-refractivity contribution in [3.8, 4) is 0 Å². The molecule has 1 heterocycles. The molecule has 6 nitrogen and oxygen atoms in total. The molecule has 148 valence electrons. The topological polar surface area (TPSA) is 87.0 Å². The minimum absolute atomic E-state index is 0.0652. The summed E-state index contributed by atoms with van der Waals surface area (Å²) in [6, 6.07) is 13.1. The number of amides is 1. The Morgan fingerprint density at radius 3 is 2.34 bits per heavy atom. The van der Waals surface area contributed by atoms with Gasteiger partial charge in [0.15, 0.2) is 11.0 Å². The molecule has 2 aromatic carbocycles. The van der Waals surface area contributed by atoms with Gasteiger partial charge in [0.05, 0.1) is 16.5 Å². The first-order valence-electron chi connectivity index (χ1n) is 8.69. The molecule has 1 atom stereocenters. The van der Waals surface area contributed by atoms with Crippen LogP contribution in [0.4, 0.5) is 5.69 Å². The summed E-state index contributed by atoms with van der Waals surface area (Å²) in [5.74, 6) is -1.33. The van der Waals surface area contributed by atoms with Crippen molar-refractivity contribution < 1.29 is 19.5 Å². The Morgan fingerprint density at radius 2 is 1.76 bits per heavy atom. The number of carboxylic acid groups (broad SMARTS) is 1. The van der Waals surface area contributed by atoms with E-state index < -0.39 is 11.2 Å². The largest absolute Gasteiger partial charge is 0.478 e. The molecule has 3 rings (SSSR count). The molecule has 1 amide bonds. The smallest absolute Gasteiger partial charge is 0.335 e. The first-order valence-corrected chi connectivity index (χ1v) is 10.4. The van der Waals surface area contributed by atoms with Crippen molar-refractivity contribution in [3.63, 3.8) is 0 Å². The second kappa shape index (κ2) is 9.19. The molecule has 1 saturated heterocycles. The van der Waals surface area contributed by atoms with Crippen molar-refractivity contribution in [2.24, 2.45) is 4.99 Å². The zero-order chi connectivity index (χ0) is 21.0. The van der Waals surface area contributed by atoms with E-state index in [1.54, 1.807) is 42.5 Å². The van der Waals surface area contributed by atoms with Gasteiger partial charge < -0.3 is 5.11 Å². The van der Waals surface area contributed by atoms with Gasteiger partial charge in [0, 0.05) is 23.0 Å². The van der Waals surface area contributed by atoms with Crippen LogP contribution in [0.5, 0.6) is 0 Å². The number of Topliss-reactive ketones (excluding diaryl/α,β-unsaturated/α-hetero) is 1. The van der Waals surface area contributed by atoms with Crippen LogP contribution in [0.3, 0.4) is 0 Å². The lowest BCUT2D eigenvalue weighted by Crippen LogP contribution is -2.32. The number of ketones is 1. The maximum absolute atomic E-state index is 12.8. The Labute approximate surface area is 180 Å². The first kappa shape index (κ1) is 21.0. The summed E-state index contributed by atoms with van der Waals surface area (Å²) in [6.07, 6.45) is 1.66. The van der Waals surface area contributed by atoms with Crippen LogP contribution < -0.4 is 0 Å². The van der Waals surface area contributed by atoms with E-state index in [0.29, 0.717) is 16.4 Å². The molecule has 1 fully saturated rings. The summed E-state index contributed by atoms with van der Waals surface area (Å²) in [6.45, 7) is 3.96. The van der Waals surface area contributed by atoms with Gasteiger partial charge in [-0.2, -0.15) is 0 Å². The van der Waals surface area contributed by atoms with Crippen LogP contribution >= 0.6 is 27.7 Å². The number of thioether (sulfide) groups is 1. The average Bonchev–Trinajstić information content (AvgIpc) is 2.98. The quantitative estimate of drug-likeness (QED) is 0.472. The van der Waals surface area contributed by atoms with Crippen molar-refractivity contribution in [3.05, 3.63) is 76.8 Å². The summed E-state index contributed by atoms with van der Waals surface area (Å²) in [4.78, 5) is 42.3. The van der Waals surface area contributed by atoms with Crippen LogP contribution in [0.1, 0.15) is 27.1 Å². The molecule has 1 aliphatic heterocycles. The minimum Gasteiger partial charge on any atom is -0.478 e. The zero-order valence-corrected chi connectivity index (χ0v) is 17.6. The van der Waals surface area contributed by atoms with Crippen molar-refractivity contribution in [1.82, 2.24) is 4.90 Å². The highest BCUT2D eigenvalue weighted by atomic mass is 79.9. The van der Waals surface area contributed by atoms with Gasteiger partial charge in [-0.1, -0.05) is 45.9 Å². The van der Waals surface area contributed by atoms with Crippen molar-refractivity contribution in [2.45, 2.75) is 11.7 Å². The van der Waals surface area contributed by atoms with Crippen molar-refractivity contribution in [1.29, 1.82) is 0 Å². The molecule has 2 aromatic rings. The molecule has 1 unspecified atom stereocenters. The predicted octanol–water partition coefficient (Wildman–Crippen LogP) is 4.54. The van der Waals surface area contributed by atoms with E-state index >= 15 is 0 Å². The fourth-order valence-electron chi connectivity index (χ4n) is 2.73. The number of carbonyl (C=O) groups excluding carboxylic acids is 2. The number of aromatic carboxylic acids is 1. The van der Waals surface area contributed by atoms with Gasteiger partial charge in [-0.05, 0) is 36.4 Å². The number of aliphatic imine (C=N–C) groups is 1. The molecule has 0 radical (unpaired) electrons. The molecular weight excluding hydrogens is 456 g/mol. The molecule has 29 heavy (non-hydrogen) atoms. The van der Waals surface area contributed by atoms with Gasteiger partial charge in [-0.15, -0.1) is 6.58 Å². The number of halogens is 1. The molecule has 0 saturated carbocycles. The highest BCUT2D eigenvalue weighted by Gasteiger charge is 2.38. The zero-order valence-electron chi connectivity index (χ0n) is 15.2. The summed E-state index contributed by atoms with van der Waals surface area (Å²) >= 11 is 4.57. The Balaban J connectivity index is 1.80. The van der Waals surface area contributed by atoms with Crippen LogP contribution in [0, 0.1) is 0 Å². The third-order valence-corrected chi connectivity index (χ3v) is 5.91. The van der Waals surface area contributed by atoms with Crippen LogP contribution in [0.15, 0.2) is 70.7 Å². The van der Waals surface area contributed by atoms with Gasteiger partial charge in [-0.3, -0.25) is 14.5 Å². The fraction of sp³-hybridized carbons (Fsp3) is 0.143. The maximum atomic E-state index is 12.8. The number of hydrogen-bond donors (Lipinski definition) is 1. The second-order valence-electron chi connectivity index (χ2n) is 6.22. The second-order valence-corrected chi connectivity index (χ2v) is 8.31. The molecular formula is C21H17BrN2O4S. The summed E-state index contributed by atoms with van der Waals surface area (Å²) in [7, 11) is 0. The Hall–Kier alpha value is -2.71. The molecule has 8 heteroatoms. The van der Waals surface area contributed by atoms with Crippen molar-refractivity contribution >= 4 is 56.2 Å². The number of carboxylic acids is 1. The van der Waals surface area contributed by atoms with Gasteiger partial charge >= 0.3 is 5.97 Å². The monoisotopic (exact) mass is 472 g/mol. The van der Waals surface area contributed by atoms with Crippen LogP contribution in [-0.2, 0) is 4.79 Å². The number of rotatable bonds is 7. The number of nitrogens with zero attached hydrogens (tertiary/aromatic N) is 2. The third-order valence-electron chi connectivity index (χ3n) is 4.21. The Bertz CT molecular complexity index is 987. The van der Waals surface area contributed by atoms with Crippen LogP contribution in [-0.4, -0.2) is 44.6 Å². The van der Waals surface area contributed by atoms with Crippen LogP contribution in [0.2, 0.25) is 0 Å².